The van der Waals surface area contributed by atoms with E-state index in [2.05, 4.69) is 31.0 Å². The van der Waals surface area contributed by atoms with E-state index in [4.69, 9.17) is 0 Å². The van der Waals surface area contributed by atoms with E-state index in [1.54, 1.807) is 29.6 Å². The summed E-state index contributed by atoms with van der Waals surface area (Å²) in [6.07, 6.45) is 0.674. The number of amides is 1. The third-order valence-electron chi connectivity index (χ3n) is 4.15. The zero-order valence-corrected chi connectivity index (χ0v) is 19.1. The van der Waals surface area contributed by atoms with E-state index in [1.165, 1.54) is 11.3 Å². The molecule has 0 aliphatic heterocycles. The van der Waals surface area contributed by atoms with Crippen LogP contribution in [-0.4, -0.2) is 19.3 Å². The van der Waals surface area contributed by atoms with E-state index in [1.807, 2.05) is 32.0 Å². The molecule has 152 valence electrons. The maximum atomic E-state index is 12.4. The van der Waals surface area contributed by atoms with Crippen molar-refractivity contribution in [3.05, 3.63) is 69.1 Å². The molecule has 0 aliphatic carbocycles. The second kappa shape index (κ2) is 9.06. The number of halogens is 1. The Labute approximate surface area is 182 Å². The molecule has 2 aromatic carbocycles. The van der Waals surface area contributed by atoms with Crippen molar-refractivity contribution in [2.45, 2.75) is 31.6 Å². The number of hydrogen-bond donors (Lipinski definition) is 2. The summed E-state index contributed by atoms with van der Waals surface area (Å²) in [5.41, 5.74) is 3.42. The summed E-state index contributed by atoms with van der Waals surface area (Å²) < 4.78 is 28.3. The molecular weight excluding hydrogens is 474 g/mol. The highest BCUT2D eigenvalue weighted by atomic mass is 79.9. The van der Waals surface area contributed by atoms with Crippen molar-refractivity contribution in [1.82, 2.24) is 4.98 Å². The Hall–Kier alpha value is -2.23. The van der Waals surface area contributed by atoms with Crippen LogP contribution in [0.25, 0.3) is 0 Å². The van der Waals surface area contributed by atoms with Crippen LogP contribution in [0.15, 0.2) is 57.2 Å². The molecule has 1 amide bonds. The van der Waals surface area contributed by atoms with Crippen LogP contribution in [0.2, 0.25) is 0 Å². The fourth-order valence-electron chi connectivity index (χ4n) is 2.55. The van der Waals surface area contributed by atoms with Crippen molar-refractivity contribution in [3.8, 4) is 0 Å². The van der Waals surface area contributed by atoms with Crippen LogP contribution in [0.1, 0.15) is 23.2 Å². The topological polar surface area (TPSA) is 88.2 Å². The van der Waals surface area contributed by atoms with Gasteiger partial charge in [-0.1, -0.05) is 33.6 Å². The molecule has 1 heterocycles. The molecule has 0 unspecified atom stereocenters. The molecule has 6 nitrogen and oxygen atoms in total. The number of thiazole rings is 1. The van der Waals surface area contributed by atoms with Gasteiger partial charge >= 0.3 is 0 Å². The lowest BCUT2D eigenvalue weighted by atomic mass is 10.2. The first-order valence-corrected chi connectivity index (χ1v) is 12.0. The van der Waals surface area contributed by atoms with Gasteiger partial charge in [0.05, 0.1) is 10.6 Å². The van der Waals surface area contributed by atoms with Gasteiger partial charge in [0.15, 0.2) is 5.13 Å². The lowest BCUT2D eigenvalue weighted by Gasteiger charge is -2.07. The summed E-state index contributed by atoms with van der Waals surface area (Å²) in [4.78, 5) is 16.6. The van der Waals surface area contributed by atoms with Crippen LogP contribution in [-0.2, 0) is 21.2 Å². The van der Waals surface area contributed by atoms with Crippen LogP contribution in [0, 0.1) is 13.8 Å². The number of carbonyl (C=O) groups is 1. The molecule has 2 N–H and O–H groups in total. The van der Waals surface area contributed by atoms with Gasteiger partial charge in [0.2, 0.25) is 5.91 Å². The van der Waals surface area contributed by atoms with Gasteiger partial charge in [-0.3, -0.25) is 9.52 Å². The summed E-state index contributed by atoms with van der Waals surface area (Å²) >= 11 is 4.62. The van der Waals surface area contributed by atoms with E-state index < -0.39 is 10.0 Å². The Morgan fingerprint density at radius 3 is 2.55 bits per heavy atom. The number of benzene rings is 2. The predicted molar refractivity (Wildman–Crippen MR) is 120 cm³/mol. The van der Waals surface area contributed by atoms with Crippen LogP contribution in [0.4, 0.5) is 10.8 Å². The average Bonchev–Trinajstić information content (AvgIpc) is 3.10. The highest BCUT2D eigenvalue weighted by Gasteiger charge is 2.16. The normalized spacial score (nSPS) is 11.3. The largest absolute Gasteiger partial charge is 0.326 e. The third-order valence-corrected chi connectivity index (χ3v) is 7.33. The molecule has 3 aromatic rings. The molecule has 9 heteroatoms. The molecule has 0 bridgehead atoms. The number of aromatic nitrogens is 1. The minimum atomic E-state index is -3.68. The minimum Gasteiger partial charge on any atom is -0.326 e. The first-order chi connectivity index (χ1) is 13.7. The van der Waals surface area contributed by atoms with E-state index in [0.717, 1.165) is 21.3 Å². The minimum absolute atomic E-state index is 0.124. The number of rotatable bonds is 7. The predicted octanol–water partition coefficient (Wildman–Crippen LogP) is 4.89. The van der Waals surface area contributed by atoms with Gasteiger partial charge in [-0.25, -0.2) is 13.4 Å². The number of sulfonamides is 1. The molecule has 0 saturated heterocycles. The van der Waals surface area contributed by atoms with Gasteiger partial charge in [-0.05, 0) is 56.2 Å². The molecular formula is C20H20BrN3O3S2. The van der Waals surface area contributed by atoms with Crippen molar-refractivity contribution in [3.63, 3.8) is 0 Å². The molecule has 0 spiro atoms. The van der Waals surface area contributed by atoms with Crippen molar-refractivity contribution in [2.75, 3.05) is 10.0 Å². The van der Waals surface area contributed by atoms with Gasteiger partial charge in [0.1, 0.15) is 0 Å². The maximum Gasteiger partial charge on any atom is 0.263 e. The zero-order valence-electron chi connectivity index (χ0n) is 15.9. The molecule has 0 aliphatic rings. The molecule has 0 radical (unpaired) electrons. The Bertz CT molecular complexity index is 1130. The standard InChI is InChI=1S/C20H20BrN3O3S2/c1-13-3-7-17(8-4-13)29(26,27)24-20-23-16(12-28-20)6-10-19(25)22-15-5-9-18(21)14(2)11-15/h3-5,7-9,11-12H,6,10H2,1-2H3,(H,22,25)(H,23,24). The molecule has 0 saturated carbocycles. The first kappa shape index (κ1) is 21.5. The summed E-state index contributed by atoms with van der Waals surface area (Å²) in [6.45, 7) is 3.85. The molecule has 3 rings (SSSR count). The van der Waals surface area contributed by atoms with Gasteiger partial charge in [0, 0.05) is 22.0 Å². The summed E-state index contributed by atoms with van der Waals surface area (Å²) in [5, 5.41) is 4.89. The van der Waals surface area contributed by atoms with Crippen LogP contribution >= 0.6 is 27.3 Å². The SMILES string of the molecule is Cc1ccc(S(=O)(=O)Nc2nc(CCC(=O)Nc3ccc(Br)c(C)c3)cs2)cc1. The van der Waals surface area contributed by atoms with E-state index in [9.17, 15) is 13.2 Å². The van der Waals surface area contributed by atoms with Gasteiger partial charge in [0.25, 0.3) is 10.0 Å². The number of carbonyl (C=O) groups excluding carboxylic acids is 1. The zero-order chi connectivity index (χ0) is 21.0. The van der Waals surface area contributed by atoms with Crippen LogP contribution < -0.4 is 10.0 Å². The smallest absolute Gasteiger partial charge is 0.263 e. The molecule has 1 aromatic heterocycles. The van der Waals surface area contributed by atoms with Gasteiger partial charge in [-0.2, -0.15) is 0 Å². The fraction of sp³-hybridized carbons (Fsp3) is 0.200. The second-order valence-corrected chi connectivity index (χ2v) is 9.97. The molecule has 0 atom stereocenters. The van der Waals surface area contributed by atoms with Gasteiger partial charge in [-0.15, -0.1) is 11.3 Å². The lowest BCUT2D eigenvalue weighted by Crippen LogP contribution is -2.13. The van der Waals surface area contributed by atoms with Crippen molar-refractivity contribution >= 4 is 54.0 Å². The van der Waals surface area contributed by atoms with Crippen molar-refractivity contribution in [2.24, 2.45) is 0 Å². The van der Waals surface area contributed by atoms with E-state index in [-0.39, 0.29) is 22.4 Å². The quantitative estimate of drug-likeness (QED) is 0.490. The summed E-state index contributed by atoms with van der Waals surface area (Å²) in [5.74, 6) is -0.124. The lowest BCUT2D eigenvalue weighted by molar-refractivity contribution is -0.116. The van der Waals surface area contributed by atoms with Gasteiger partial charge < -0.3 is 5.32 Å². The van der Waals surface area contributed by atoms with Crippen molar-refractivity contribution < 1.29 is 13.2 Å². The first-order valence-electron chi connectivity index (χ1n) is 8.83. The molecule has 29 heavy (non-hydrogen) atoms. The Morgan fingerprint density at radius 1 is 1.14 bits per heavy atom. The Morgan fingerprint density at radius 2 is 1.86 bits per heavy atom. The van der Waals surface area contributed by atoms with E-state index in [0.29, 0.717) is 12.1 Å². The summed E-state index contributed by atoms with van der Waals surface area (Å²) in [6, 6.07) is 12.2. The monoisotopic (exact) mass is 493 g/mol. The molecule has 0 fully saturated rings. The second-order valence-electron chi connectivity index (χ2n) is 6.57. The van der Waals surface area contributed by atoms with Crippen molar-refractivity contribution in [1.29, 1.82) is 0 Å². The number of hydrogen-bond acceptors (Lipinski definition) is 5. The van der Waals surface area contributed by atoms with E-state index >= 15 is 0 Å². The number of nitrogens with one attached hydrogen (secondary N) is 2. The van der Waals surface area contributed by atoms with Crippen LogP contribution in [0.3, 0.4) is 0 Å². The average molecular weight is 494 g/mol. The highest BCUT2D eigenvalue weighted by Crippen LogP contribution is 2.22. The Balaban J connectivity index is 1.56. The Kier molecular flexibility index (Phi) is 6.71. The number of anilines is 2. The third kappa shape index (κ3) is 5.88. The van der Waals surface area contributed by atoms with Crippen LogP contribution in [0.5, 0.6) is 0 Å². The number of nitrogens with zero attached hydrogens (tertiary/aromatic N) is 1. The highest BCUT2D eigenvalue weighted by molar-refractivity contribution is 9.10. The summed E-state index contributed by atoms with van der Waals surface area (Å²) in [7, 11) is -3.68. The fourth-order valence-corrected chi connectivity index (χ4v) is 4.79. The maximum absolute atomic E-state index is 12.4. The number of aryl methyl sites for hydroxylation is 3.